The molecule has 0 N–H and O–H groups in total. The maximum Gasteiger partial charge on any atom is 0.401 e. The summed E-state index contributed by atoms with van der Waals surface area (Å²) >= 11 is 0. The lowest BCUT2D eigenvalue weighted by atomic mass is 10.0. The number of rotatable bonds is 1. The van der Waals surface area contributed by atoms with Crippen molar-refractivity contribution in [3.63, 3.8) is 0 Å². The van der Waals surface area contributed by atoms with Gasteiger partial charge in [-0.2, -0.15) is 13.2 Å². The summed E-state index contributed by atoms with van der Waals surface area (Å²) < 4.78 is 36.5. The Morgan fingerprint density at radius 3 is 2.15 bits per heavy atom. The standard InChI is InChI=1S/C9H13F3N/c10-9(11,12)6-13-7-2-1-3-8(13)5-4-7/h1,7-8H,2-6H2. The van der Waals surface area contributed by atoms with Gasteiger partial charge in [-0.1, -0.05) is 0 Å². The van der Waals surface area contributed by atoms with Gasteiger partial charge in [0.05, 0.1) is 6.54 Å². The number of hydrogen-bond donors (Lipinski definition) is 0. The van der Waals surface area contributed by atoms with Gasteiger partial charge in [0.2, 0.25) is 0 Å². The first-order valence-corrected chi connectivity index (χ1v) is 4.70. The fourth-order valence-corrected chi connectivity index (χ4v) is 2.47. The van der Waals surface area contributed by atoms with Crippen molar-refractivity contribution >= 4 is 0 Å². The Kier molecular flexibility index (Phi) is 2.26. The highest BCUT2D eigenvalue weighted by molar-refractivity contribution is 4.98. The molecule has 1 radical (unpaired) electrons. The molecule has 75 valence electrons. The Labute approximate surface area is 75.9 Å². The van der Waals surface area contributed by atoms with E-state index in [1.165, 1.54) is 0 Å². The molecule has 0 aromatic carbocycles. The summed E-state index contributed by atoms with van der Waals surface area (Å²) in [7, 11) is 0. The predicted molar refractivity (Wildman–Crippen MR) is 43.1 cm³/mol. The van der Waals surface area contributed by atoms with Gasteiger partial charge in [-0.15, -0.1) is 0 Å². The average molecular weight is 192 g/mol. The van der Waals surface area contributed by atoms with Gasteiger partial charge in [0.25, 0.3) is 0 Å². The van der Waals surface area contributed by atoms with Crippen molar-refractivity contribution in [1.82, 2.24) is 4.90 Å². The average Bonchev–Trinajstić information content (AvgIpc) is 2.29. The summed E-state index contributed by atoms with van der Waals surface area (Å²) in [6.45, 7) is -0.712. The van der Waals surface area contributed by atoms with E-state index in [0.717, 1.165) is 25.7 Å². The smallest absolute Gasteiger partial charge is 0.289 e. The van der Waals surface area contributed by atoms with Crippen LogP contribution in [0.1, 0.15) is 25.7 Å². The molecule has 0 saturated carbocycles. The maximum atomic E-state index is 12.2. The van der Waals surface area contributed by atoms with Crippen LogP contribution in [0, 0.1) is 6.42 Å². The van der Waals surface area contributed by atoms with Crippen LogP contribution in [0.25, 0.3) is 0 Å². The van der Waals surface area contributed by atoms with E-state index in [1.54, 1.807) is 4.90 Å². The number of nitrogens with zero attached hydrogens (tertiary/aromatic N) is 1. The van der Waals surface area contributed by atoms with Crippen LogP contribution in [0.4, 0.5) is 13.2 Å². The minimum atomic E-state index is -4.03. The van der Waals surface area contributed by atoms with Gasteiger partial charge >= 0.3 is 6.18 Å². The van der Waals surface area contributed by atoms with E-state index >= 15 is 0 Å². The van der Waals surface area contributed by atoms with Gasteiger partial charge in [0.1, 0.15) is 0 Å². The van der Waals surface area contributed by atoms with Crippen molar-refractivity contribution in [2.75, 3.05) is 6.54 Å². The van der Waals surface area contributed by atoms with Gasteiger partial charge in [0.15, 0.2) is 0 Å². The van der Waals surface area contributed by atoms with E-state index in [-0.39, 0.29) is 12.1 Å². The second-order valence-corrected chi connectivity index (χ2v) is 3.93. The zero-order chi connectivity index (χ0) is 9.47. The van der Waals surface area contributed by atoms with E-state index < -0.39 is 12.7 Å². The lowest BCUT2D eigenvalue weighted by Crippen LogP contribution is -2.45. The Bertz CT molecular complexity index is 174. The van der Waals surface area contributed by atoms with E-state index in [4.69, 9.17) is 0 Å². The third-order valence-electron chi connectivity index (χ3n) is 3.01. The number of hydrogen-bond acceptors (Lipinski definition) is 1. The molecular formula is C9H13F3N. The molecule has 2 rings (SSSR count). The SMILES string of the molecule is FC(F)(F)CN1C2C[CH]CC1CC2. The van der Waals surface area contributed by atoms with Crippen LogP contribution in [0.15, 0.2) is 0 Å². The molecule has 2 heterocycles. The minimum absolute atomic E-state index is 0.167. The monoisotopic (exact) mass is 192 g/mol. The van der Waals surface area contributed by atoms with Crippen molar-refractivity contribution in [2.45, 2.75) is 43.9 Å². The summed E-state index contributed by atoms with van der Waals surface area (Å²) in [5.41, 5.74) is 0. The fraction of sp³-hybridized carbons (Fsp3) is 0.889. The Morgan fingerprint density at radius 1 is 1.15 bits per heavy atom. The molecule has 2 aliphatic rings. The van der Waals surface area contributed by atoms with Gasteiger partial charge in [-0.25, -0.2) is 0 Å². The second-order valence-electron chi connectivity index (χ2n) is 3.93. The normalized spacial score (nSPS) is 35.3. The topological polar surface area (TPSA) is 3.24 Å². The highest BCUT2D eigenvalue weighted by Crippen LogP contribution is 2.36. The fourth-order valence-electron chi connectivity index (χ4n) is 2.47. The molecule has 13 heavy (non-hydrogen) atoms. The molecule has 0 aliphatic carbocycles. The molecular weight excluding hydrogens is 179 g/mol. The molecule has 2 bridgehead atoms. The Balaban J connectivity index is 1.99. The molecule has 2 saturated heterocycles. The summed E-state index contributed by atoms with van der Waals surface area (Å²) in [4.78, 5) is 1.64. The van der Waals surface area contributed by atoms with Crippen molar-refractivity contribution in [2.24, 2.45) is 0 Å². The van der Waals surface area contributed by atoms with Gasteiger partial charge < -0.3 is 0 Å². The van der Waals surface area contributed by atoms with Crippen molar-refractivity contribution in [3.05, 3.63) is 6.42 Å². The molecule has 2 aliphatic heterocycles. The van der Waals surface area contributed by atoms with E-state index in [1.807, 2.05) is 0 Å². The molecule has 2 fully saturated rings. The Morgan fingerprint density at radius 2 is 1.69 bits per heavy atom. The largest absolute Gasteiger partial charge is 0.401 e. The number of fused-ring (bicyclic) bond motifs is 2. The molecule has 1 nitrogen and oxygen atoms in total. The first-order valence-electron chi connectivity index (χ1n) is 4.70. The van der Waals surface area contributed by atoms with Gasteiger partial charge in [0, 0.05) is 12.1 Å². The number of piperidine rings is 1. The molecule has 0 amide bonds. The van der Waals surface area contributed by atoms with Crippen LogP contribution in [-0.2, 0) is 0 Å². The third kappa shape index (κ3) is 1.98. The van der Waals surface area contributed by atoms with Crippen LogP contribution in [0.5, 0.6) is 0 Å². The molecule has 2 unspecified atom stereocenters. The quantitative estimate of drug-likeness (QED) is 0.616. The van der Waals surface area contributed by atoms with E-state index in [2.05, 4.69) is 6.42 Å². The molecule has 4 heteroatoms. The summed E-state index contributed by atoms with van der Waals surface area (Å²) in [6, 6.07) is 0.334. The van der Waals surface area contributed by atoms with E-state index in [9.17, 15) is 13.2 Å². The molecule has 0 aromatic heterocycles. The molecule has 0 spiro atoms. The van der Waals surface area contributed by atoms with E-state index in [0.29, 0.717) is 0 Å². The van der Waals surface area contributed by atoms with Crippen LogP contribution in [0.2, 0.25) is 0 Å². The van der Waals surface area contributed by atoms with Gasteiger partial charge in [-0.05, 0) is 32.1 Å². The first kappa shape index (κ1) is 9.31. The summed E-state index contributed by atoms with van der Waals surface area (Å²) in [5, 5.41) is 0. The van der Waals surface area contributed by atoms with Crippen LogP contribution < -0.4 is 0 Å². The Hall–Kier alpha value is -0.250. The second kappa shape index (κ2) is 3.15. The van der Waals surface area contributed by atoms with Crippen molar-refractivity contribution < 1.29 is 13.2 Å². The van der Waals surface area contributed by atoms with Crippen molar-refractivity contribution in [3.8, 4) is 0 Å². The summed E-state index contributed by atoms with van der Waals surface area (Å²) in [5.74, 6) is 0. The maximum absolute atomic E-state index is 12.2. The zero-order valence-electron chi connectivity index (χ0n) is 7.35. The first-order chi connectivity index (χ1) is 6.06. The number of alkyl halides is 3. The molecule has 0 aromatic rings. The minimum Gasteiger partial charge on any atom is -0.289 e. The highest BCUT2D eigenvalue weighted by atomic mass is 19.4. The highest BCUT2D eigenvalue weighted by Gasteiger charge is 2.42. The molecule has 2 atom stereocenters. The third-order valence-corrected chi connectivity index (χ3v) is 3.01. The van der Waals surface area contributed by atoms with Crippen LogP contribution in [0.3, 0.4) is 0 Å². The lowest BCUT2D eigenvalue weighted by Gasteiger charge is -2.34. The van der Waals surface area contributed by atoms with Crippen molar-refractivity contribution in [1.29, 1.82) is 0 Å². The van der Waals surface area contributed by atoms with Gasteiger partial charge in [-0.3, -0.25) is 4.90 Å². The summed E-state index contributed by atoms with van der Waals surface area (Å²) in [6.07, 6.45) is 1.67. The van der Waals surface area contributed by atoms with Crippen LogP contribution in [-0.4, -0.2) is 29.7 Å². The number of halogens is 3. The predicted octanol–water partition coefficient (Wildman–Crippen LogP) is 2.38. The van der Waals surface area contributed by atoms with Crippen LogP contribution >= 0.6 is 0 Å². The zero-order valence-corrected chi connectivity index (χ0v) is 7.35. The lowest BCUT2D eigenvalue weighted by molar-refractivity contribution is -0.153.